The molecule has 40 heavy (non-hydrogen) atoms. The van der Waals surface area contributed by atoms with Crippen molar-refractivity contribution in [3.8, 4) is 6.07 Å². The number of nitriles is 1. The van der Waals surface area contributed by atoms with Crippen molar-refractivity contribution in [2.45, 2.75) is 62.6 Å². The molecule has 2 heterocycles. The average molecular weight is 552 g/mol. The van der Waals surface area contributed by atoms with Gasteiger partial charge in [0.25, 0.3) is 0 Å². The van der Waals surface area contributed by atoms with E-state index in [0.29, 0.717) is 24.9 Å². The second-order valence-corrected chi connectivity index (χ2v) is 10.7. The van der Waals surface area contributed by atoms with E-state index in [1.54, 1.807) is 0 Å². The minimum atomic E-state index is -1.70. The van der Waals surface area contributed by atoms with E-state index in [1.807, 2.05) is 0 Å². The Labute approximate surface area is 231 Å². The highest BCUT2D eigenvalue weighted by atomic mass is 19.1. The van der Waals surface area contributed by atoms with E-state index in [2.05, 4.69) is 32.3 Å². The normalized spacial score (nSPS) is 24.0. The molecule has 1 saturated carbocycles. The predicted molar refractivity (Wildman–Crippen MR) is 143 cm³/mol. The largest absolute Gasteiger partial charge is 0.371 e. The number of carbonyl (C=O) groups excluding carboxylic acids is 4. The molecule has 1 aromatic rings. The maximum atomic E-state index is 13.8. The number of hydrogen-bond acceptors (Lipinski definition) is 7. The lowest BCUT2D eigenvalue weighted by Crippen LogP contribution is -2.65. The Balaban J connectivity index is 1.54. The Morgan fingerprint density at radius 1 is 1.15 bits per heavy atom. The Morgan fingerprint density at radius 3 is 2.50 bits per heavy atom. The van der Waals surface area contributed by atoms with Crippen LogP contribution in [-0.2, 0) is 25.6 Å². The molecule has 1 unspecified atom stereocenters. The van der Waals surface area contributed by atoms with Gasteiger partial charge in [-0.25, -0.2) is 4.39 Å². The number of nitrogens with two attached hydrogens (primary N) is 1. The molecule has 11 nitrogen and oxygen atoms in total. The molecule has 2 fully saturated rings. The summed E-state index contributed by atoms with van der Waals surface area (Å²) in [5.41, 5.74) is 4.65. The lowest BCUT2D eigenvalue weighted by Gasteiger charge is -2.36. The minimum absolute atomic E-state index is 0.00269. The van der Waals surface area contributed by atoms with Crippen LogP contribution in [0.4, 0.5) is 4.39 Å². The number of hydrogen-bond donors (Lipinski definition) is 5. The third-order valence-corrected chi connectivity index (χ3v) is 7.68. The van der Waals surface area contributed by atoms with Gasteiger partial charge in [-0.15, -0.1) is 0 Å². The van der Waals surface area contributed by atoms with Crippen LogP contribution in [0.5, 0.6) is 0 Å². The van der Waals surface area contributed by atoms with E-state index in [4.69, 9.17) is 5.73 Å². The number of piperidine rings is 1. The summed E-state index contributed by atoms with van der Waals surface area (Å²) in [5.74, 6) is -3.89. The van der Waals surface area contributed by atoms with Gasteiger partial charge in [0.2, 0.25) is 23.6 Å². The minimum Gasteiger partial charge on any atom is -0.371 e. The van der Waals surface area contributed by atoms with Crippen LogP contribution < -0.4 is 27.0 Å². The third-order valence-electron chi connectivity index (χ3n) is 7.68. The van der Waals surface area contributed by atoms with Crippen molar-refractivity contribution in [3.05, 3.63) is 48.0 Å². The summed E-state index contributed by atoms with van der Waals surface area (Å²) in [5, 5.41) is 20.8. The monoisotopic (exact) mass is 551 g/mol. The molecular weight excluding hydrogens is 517 g/mol. The van der Waals surface area contributed by atoms with Crippen molar-refractivity contribution < 1.29 is 23.6 Å². The van der Waals surface area contributed by atoms with Crippen molar-refractivity contribution in [1.82, 2.24) is 21.3 Å². The number of carbonyl (C=O) groups is 4. The van der Waals surface area contributed by atoms with Crippen LogP contribution in [0, 0.1) is 34.9 Å². The van der Waals surface area contributed by atoms with Crippen molar-refractivity contribution in [2.75, 3.05) is 6.54 Å². The molecule has 0 spiro atoms. The lowest BCUT2D eigenvalue weighted by molar-refractivity contribution is -0.135. The summed E-state index contributed by atoms with van der Waals surface area (Å²) in [6, 6.07) is 5.69. The van der Waals surface area contributed by atoms with E-state index in [9.17, 15) is 28.8 Å². The standard InChI is InChI=1S/C28H34FN7O4/c29-20-7-5-17(6-8-20)12-22(28(27(31)40)16-32-10-11-34-28)25(38)36-23(13-18-3-4-18)26(39)35-21(15-30)14-19-2-1-9-33-24(19)37/h5-8,10-11,16,18-19,21-23,34H,1-4,9,12-14H2,(H2,31,40)(H,33,37)(H,35,39)(H,36,38)/t19-,21-,22+,23-,28?/m0/s1. The van der Waals surface area contributed by atoms with Gasteiger partial charge < -0.3 is 27.0 Å². The zero-order valence-electron chi connectivity index (χ0n) is 22.1. The van der Waals surface area contributed by atoms with Crippen LogP contribution in [0.3, 0.4) is 0 Å². The molecule has 6 N–H and O–H groups in total. The molecule has 5 atom stereocenters. The first-order chi connectivity index (χ1) is 19.2. The van der Waals surface area contributed by atoms with Crippen molar-refractivity contribution in [1.29, 1.82) is 5.26 Å². The molecule has 0 radical (unpaired) electrons. The van der Waals surface area contributed by atoms with Gasteiger partial charge in [0.1, 0.15) is 17.9 Å². The van der Waals surface area contributed by atoms with Gasteiger partial charge >= 0.3 is 0 Å². The zero-order chi connectivity index (χ0) is 28.7. The fourth-order valence-corrected chi connectivity index (χ4v) is 5.18. The molecule has 1 aromatic carbocycles. The quantitative estimate of drug-likeness (QED) is 0.253. The van der Waals surface area contributed by atoms with Gasteiger partial charge in [0, 0.05) is 31.1 Å². The molecule has 0 bridgehead atoms. The van der Waals surface area contributed by atoms with Gasteiger partial charge in [0.05, 0.1) is 12.0 Å². The maximum absolute atomic E-state index is 13.8. The second-order valence-electron chi connectivity index (χ2n) is 10.7. The Bertz CT molecular complexity index is 1220. The lowest BCUT2D eigenvalue weighted by atomic mass is 9.78. The fraction of sp³-hybridized carbons (Fsp3) is 0.500. The highest BCUT2D eigenvalue weighted by Gasteiger charge is 2.48. The zero-order valence-corrected chi connectivity index (χ0v) is 22.1. The van der Waals surface area contributed by atoms with Crippen LogP contribution in [0.15, 0.2) is 41.7 Å². The van der Waals surface area contributed by atoms with Crippen molar-refractivity contribution >= 4 is 29.8 Å². The van der Waals surface area contributed by atoms with Gasteiger partial charge in [0.15, 0.2) is 5.54 Å². The van der Waals surface area contributed by atoms with Gasteiger partial charge in [-0.1, -0.05) is 25.0 Å². The van der Waals surface area contributed by atoms with E-state index in [-0.39, 0.29) is 30.6 Å². The Morgan fingerprint density at radius 2 is 1.90 bits per heavy atom. The fourth-order valence-electron chi connectivity index (χ4n) is 5.18. The van der Waals surface area contributed by atoms with E-state index in [0.717, 1.165) is 19.3 Å². The number of halogens is 1. The van der Waals surface area contributed by atoms with Crippen LogP contribution in [0.25, 0.3) is 0 Å². The van der Waals surface area contributed by atoms with Crippen LogP contribution in [0.1, 0.15) is 44.1 Å². The Hall–Kier alpha value is -4.27. The predicted octanol–water partition coefficient (Wildman–Crippen LogP) is 0.563. The number of nitrogens with zero attached hydrogens (tertiary/aromatic N) is 2. The molecule has 4 amide bonds. The van der Waals surface area contributed by atoms with E-state index < -0.39 is 47.1 Å². The van der Waals surface area contributed by atoms with Crippen LogP contribution >= 0.6 is 0 Å². The number of primary amides is 1. The van der Waals surface area contributed by atoms with E-state index in [1.165, 1.54) is 42.9 Å². The van der Waals surface area contributed by atoms with Gasteiger partial charge in [-0.05, 0) is 55.7 Å². The number of aliphatic imine (C=N–C) groups is 1. The number of amides is 4. The van der Waals surface area contributed by atoms with E-state index >= 15 is 0 Å². The summed E-state index contributed by atoms with van der Waals surface area (Å²) >= 11 is 0. The number of nitrogens with one attached hydrogen (secondary N) is 4. The summed E-state index contributed by atoms with van der Waals surface area (Å²) in [7, 11) is 0. The molecule has 4 rings (SSSR count). The summed E-state index contributed by atoms with van der Waals surface area (Å²) in [6.45, 7) is 0.593. The molecule has 3 aliphatic rings. The third kappa shape index (κ3) is 7.02. The molecule has 1 saturated heterocycles. The first-order valence-electron chi connectivity index (χ1n) is 13.5. The maximum Gasteiger partial charge on any atom is 0.249 e. The summed E-state index contributed by atoms with van der Waals surface area (Å²) < 4.78 is 13.5. The second kappa shape index (κ2) is 12.7. The van der Waals surface area contributed by atoms with Crippen LogP contribution in [-0.4, -0.2) is 54.0 Å². The first-order valence-corrected chi connectivity index (χ1v) is 13.5. The molecule has 12 heteroatoms. The molecule has 0 aromatic heterocycles. The summed E-state index contributed by atoms with van der Waals surface area (Å²) in [6.07, 6.45) is 7.85. The highest BCUT2D eigenvalue weighted by molar-refractivity contribution is 6.08. The van der Waals surface area contributed by atoms with Crippen molar-refractivity contribution in [3.63, 3.8) is 0 Å². The van der Waals surface area contributed by atoms with Crippen molar-refractivity contribution in [2.24, 2.45) is 28.5 Å². The smallest absolute Gasteiger partial charge is 0.249 e. The van der Waals surface area contributed by atoms with Gasteiger partial charge in [-0.3, -0.25) is 24.2 Å². The SMILES string of the molecule is N#C[C@H](C[C@@H]1CCCNC1=O)NC(=O)[C@H](CC1CC1)NC(=O)[C@@H](Cc1ccc(F)cc1)C1(C(N)=O)C=NC=CN1. The van der Waals surface area contributed by atoms with Crippen LogP contribution in [0.2, 0.25) is 0 Å². The number of benzene rings is 1. The topological polar surface area (TPSA) is 179 Å². The first kappa shape index (κ1) is 28.7. The average Bonchev–Trinajstić information content (AvgIpc) is 3.77. The molecule has 2 aliphatic heterocycles. The highest BCUT2D eigenvalue weighted by Crippen LogP contribution is 2.34. The molecule has 1 aliphatic carbocycles. The molecule has 212 valence electrons. The molecular formula is C28H34FN7O4. The number of rotatable bonds is 12. The summed E-state index contributed by atoms with van der Waals surface area (Å²) in [4.78, 5) is 56.2. The van der Waals surface area contributed by atoms with Gasteiger partial charge in [-0.2, -0.15) is 5.26 Å². The Kier molecular flexibility index (Phi) is 9.14.